The molecule has 1 aromatic heterocycles. The quantitative estimate of drug-likeness (QED) is 0.464. The minimum atomic E-state index is -0.653. The van der Waals surface area contributed by atoms with Gasteiger partial charge in [-0.1, -0.05) is 65.2 Å². The van der Waals surface area contributed by atoms with Crippen LogP contribution in [0.4, 0.5) is 6.01 Å². The highest BCUT2D eigenvalue weighted by molar-refractivity contribution is 6.04. The molecule has 0 unspecified atom stereocenters. The van der Waals surface area contributed by atoms with Gasteiger partial charge in [-0.15, -0.1) is 5.10 Å². The van der Waals surface area contributed by atoms with E-state index in [0.29, 0.717) is 5.89 Å². The molecule has 0 saturated heterocycles. The van der Waals surface area contributed by atoms with Crippen LogP contribution in [0, 0.1) is 56.2 Å². The topological polar surface area (TPSA) is 123 Å². The lowest BCUT2D eigenvalue weighted by molar-refractivity contribution is -0.166. The molecule has 0 aromatic carbocycles. The minimum absolute atomic E-state index is 0.0525. The predicted octanol–water partition coefficient (Wildman–Crippen LogP) is 6.12. The number of nitriles is 1. The van der Waals surface area contributed by atoms with Crippen LogP contribution in [0.5, 0.6) is 0 Å². The number of nitrogens with zero attached hydrogens (tertiary/aromatic N) is 3. The molecule has 5 aliphatic carbocycles. The molecule has 39 heavy (non-hydrogen) atoms. The van der Waals surface area contributed by atoms with Gasteiger partial charge in [0.1, 0.15) is 6.07 Å². The van der Waals surface area contributed by atoms with Crippen LogP contribution in [-0.4, -0.2) is 21.8 Å². The molecular weight excluding hydrogens is 488 g/mol. The predicted molar refractivity (Wildman–Crippen MR) is 147 cm³/mol. The summed E-state index contributed by atoms with van der Waals surface area (Å²) in [7, 11) is 0. The molecule has 7 heteroatoms. The number of hydrogen-bond donors (Lipinski definition) is 1. The Morgan fingerprint density at radius 3 is 2.33 bits per heavy atom. The van der Waals surface area contributed by atoms with E-state index in [1.54, 1.807) is 0 Å². The summed E-state index contributed by atoms with van der Waals surface area (Å²) in [5.41, 5.74) is 5.32. The number of rotatable bonds is 1. The fourth-order valence-electron chi connectivity index (χ4n) is 10.4. The number of nitrogen functional groups attached to an aromatic ring is 1. The first kappa shape index (κ1) is 26.5. The second-order valence-electron chi connectivity index (χ2n) is 15.3. The molecular formula is C32H42N4O3. The number of nitrogens with two attached hydrogens (primary N) is 1. The first-order valence-corrected chi connectivity index (χ1v) is 14.6. The highest BCUT2D eigenvalue weighted by atomic mass is 16.4. The summed E-state index contributed by atoms with van der Waals surface area (Å²) in [6, 6.07) is 2.28. The fourth-order valence-corrected chi connectivity index (χ4v) is 10.4. The van der Waals surface area contributed by atoms with Gasteiger partial charge in [0.15, 0.2) is 11.6 Å². The summed E-state index contributed by atoms with van der Waals surface area (Å²) in [5, 5.41) is 18.1. The van der Waals surface area contributed by atoms with Gasteiger partial charge in [0.2, 0.25) is 5.89 Å². The van der Waals surface area contributed by atoms with Crippen LogP contribution in [0.25, 0.3) is 0 Å². The molecule has 0 spiro atoms. The molecule has 208 valence electrons. The molecule has 7 nitrogen and oxygen atoms in total. The Morgan fingerprint density at radius 1 is 1.00 bits per heavy atom. The van der Waals surface area contributed by atoms with E-state index in [-0.39, 0.29) is 62.6 Å². The number of allylic oxidation sites excluding steroid dienone is 4. The molecule has 1 aromatic rings. The maximum Gasteiger partial charge on any atom is 0.312 e. The first-order chi connectivity index (χ1) is 18.1. The Morgan fingerprint density at radius 2 is 1.69 bits per heavy atom. The van der Waals surface area contributed by atoms with E-state index < -0.39 is 10.8 Å². The van der Waals surface area contributed by atoms with Crippen molar-refractivity contribution in [2.75, 3.05) is 5.73 Å². The number of carbonyl (C=O) groups is 2. The SMILES string of the molecule is CC1(C)C(=O)C(C#N)=C[C@]2(C)C3=CC(=O)[C@@H]4[C@@H]5C[C@@](C)(c6nnc(N)o6)CC[C@]5(C)CC[C@@]4(C)[C@]3(C)CC[C@@H]12. The van der Waals surface area contributed by atoms with Crippen molar-refractivity contribution in [2.24, 2.45) is 44.8 Å². The molecule has 1 heterocycles. The maximum absolute atomic E-state index is 14.5. The lowest BCUT2D eigenvalue weighted by Crippen LogP contribution is -2.64. The highest BCUT2D eigenvalue weighted by Crippen LogP contribution is 2.74. The van der Waals surface area contributed by atoms with Gasteiger partial charge in [-0.05, 0) is 79.1 Å². The second kappa shape index (κ2) is 7.71. The Labute approximate surface area is 231 Å². The molecule has 0 bridgehead atoms. The summed E-state index contributed by atoms with van der Waals surface area (Å²) < 4.78 is 5.75. The standard InChI is InChI=1S/C32H42N4O3/c1-27(2)21-8-9-31(6)22(30(21,5)15-18(17-33)24(27)38)14-20(37)23-19-16-29(4,25-35-36-26(34)39-25)11-10-28(19,3)12-13-32(23,31)7/h14-15,19,21,23H,8-13,16H2,1-7H3,(H2,34,36)/t19-,21-,23-,28+,29-,30-,31+,32+/m0/s1. The van der Waals surface area contributed by atoms with Crippen molar-refractivity contribution < 1.29 is 14.0 Å². The van der Waals surface area contributed by atoms with Gasteiger partial charge in [0.05, 0.1) is 5.57 Å². The van der Waals surface area contributed by atoms with Crippen LogP contribution in [0.3, 0.4) is 0 Å². The third kappa shape index (κ3) is 3.15. The van der Waals surface area contributed by atoms with Gasteiger partial charge in [0.25, 0.3) is 0 Å². The average molecular weight is 531 g/mol. The molecule has 0 aliphatic heterocycles. The van der Waals surface area contributed by atoms with E-state index in [1.807, 2.05) is 26.0 Å². The smallest absolute Gasteiger partial charge is 0.312 e. The Kier molecular flexibility index (Phi) is 5.23. The van der Waals surface area contributed by atoms with Crippen molar-refractivity contribution >= 4 is 17.6 Å². The third-order valence-corrected chi connectivity index (χ3v) is 13.0. The number of ketones is 2. The zero-order valence-electron chi connectivity index (χ0n) is 24.5. The monoisotopic (exact) mass is 530 g/mol. The van der Waals surface area contributed by atoms with Crippen molar-refractivity contribution in [3.8, 4) is 6.07 Å². The maximum atomic E-state index is 14.5. The summed E-state index contributed by atoms with van der Waals surface area (Å²) >= 11 is 0. The van der Waals surface area contributed by atoms with Gasteiger partial charge < -0.3 is 10.2 Å². The summed E-state index contributed by atoms with van der Waals surface area (Å²) in [4.78, 5) is 27.7. The second-order valence-corrected chi connectivity index (χ2v) is 15.3. The normalized spacial score (nSPS) is 46.6. The van der Waals surface area contributed by atoms with E-state index in [2.05, 4.69) is 50.9 Å². The van der Waals surface area contributed by atoms with Crippen molar-refractivity contribution in [1.29, 1.82) is 5.26 Å². The number of anilines is 1. The zero-order valence-corrected chi connectivity index (χ0v) is 24.5. The molecule has 0 radical (unpaired) electrons. The number of hydrogen-bond acceptors (Lipinski definition) is 7. The molecule has 5 aliphatic rings. The van der Waals surface area contributed by atoms with Crippen molar-refractivity contribution in [2.45, 2.75) is 98.8 Å². The number of Topliss-reactive ketones (excluding diaryl/α,β-unsaturated/α-hetero) is 1. The van der Waals surface area contributed by atoms with Crippen LogP contribution in [0.15, 0.2) is 27.7 Å². The number of aromatic nitrogens is 2. The van der Waals surface area contributed by atoms with Crippen molar-refractivity contribution in [1.82, 2.24) is 10.2 Å². The van der Waals surface area contributed by atoms with Crippen LogP contribution < -0.4 is 5.73 Å². The van der Waals surface area contributed by atoms with Gasteiger partial charge in [-0.3, -0.25) is 9.59 Å². The van der Waals surface area contributed by atoms with Crippen molar-refractivity contribution in [3.63, 3.8) is 0 Å². The summed E-state index contributed by atoms with van der Waals surface area (Å²) in [5.74, 6) is 0.847. The minimum Gasteiger partial charge on any atom is -0.408 e. The van der Waals surface area contributed by atoms with E-state index in [4.69, 9.17) is 10.2 Å². The highest BCUT2D eigenvalue weighted by Gasteiger charge is 2.69. The van der Waals surface area contributed by atoms with E-state index in [1.165, 1.54) is 0 Å². The van der Waals surface area contributed by atoms with Crippen LogP contribution in [0.1, 0.15) is 99.3 Å². The van der Waals surface area contributed by atoms with E-state index >= 15 is 0 Å². The van der Waals surface area contributed by atoms with Crippen LogP contribution >= 0.6 is 0 Å². The Balaban J connectivity index is 1.48. The Bertz CT molecular complexity index is 1400. The molecule has 3 fully saturated rings. The lowest BCUT2D eigenvalue weighted by atomic mass is 9.34. The lowest BCUT2D eigenvalue weighted by Gasteiger charge is -2.69. The first-order valence-electron chi connectivity index (χ1n) is 14.6. The zero-order chi connectivity index (χ0) is 28.4. The summed E-state index contributed by atoms with van der Waals surface area (Å²) in [6.07, 6.45) is 10.5. The Hall–Kier alpha value is -2.75. The van der Waals surface area contributed by atoms with Gasteiger partial charge in [-0.25, -0.2) is 0 Å². The molecule has 6 rings (SSSR count). The molecule has 8 atom stereocenters. The van der Waals surface area contributed by atoms with Crippen LogP contribution in [0.2, 0.25) is 0 Å². The third-order valence-electron chi connectivity index (χ3n) is 13.0. The van der Waals surface area contributed by atoms with Gasteiger partial charge >= 0.3 is 6.01 Å². The molecule has 0 amide bonds. The van der Waals surface area contributed by atoms with E-state index in [0.717, 1.165) is 50.5 Å². The molecule has 3 saturated carbocycles. The van der Waals surface area contributed by atoms with Gasteiger partial charge in [0, 0.05) is 22.2 Å². The fraction of sp³-hybridized carbons (Fsp3) is 0.719. The van der Waals surface area contributed by atoms with Crippen LogP contribution in [-0.2, 0) is 15.0 Å². The molecule has 2 N–H and O–H groups in total. The summed E-state index contributed by atoms with van der Waals surface area (Å²) in [6.45, 7) is 15.4. The number of carbonyl (C=O) groups excluding carboxylic acids is 2. The average Bonchev–Trinajstić information content (AvgIpc) is 3.31. The van der Waals surface area contributed by atoms with Gasteiger partial charge in [-0.2, -0.15) is 5.26 Å². The largest absolute Gasteiger partial charge is 0.408 e. The van der Waals surface area contributed by atoms with Crippen molar-refractivity contribution in [3.05, 3.63) is 29.2 Å². The number of fused-ring (bicyclic) bond motifs is 7. The van der Waals surface area contributed by atoms with E-state index in [9.17, 15) is 14.9 Å².